The van der Waals surface area contributed by atoms with Crippen LogP contribution in [0, 0.1) is 5.41 Å². The predicted octanol–water partition coefficient (Wildman–Crippen LogP) is 2.86. The van der Waals surface area contributed by atoms with Crippen LogP contribution in [0.1, 0.15) is 59.8 Å². The lowest BCUT2D eigenvalue weighted by Crippen LogP contribution is -2.31. The van der Waals surface area contributed by atoms with Gasteiger partial charge in [0.25, 0.3) is 0 Å². The quantitative estimate of drug-likeness (QED) is 0.645. The van der Waals surface area contributed by atoms with Gasteiger partial charge in [-0.2, -0.15) is 0 Å². The normalized spacial score (nSPS) is 17.5. The van der Waals surface area contributed by atoms with Gasteiger partial charge in [0.15, 0.2) is 6.61 Å². The van der Waals surface area contributed by atoms with Gasteiger partial charge < -0.3 is 14.2 Å². The van der Waals surface area contributed by atoms with E-state index in [9.17, 15) is 9.59 Å². The van der Waals surface area contributed by atoms with Crippen molar-refractivity contribution in [1.29, 1.82) is 0 Å². The van der Waals surface area contributed by atoms with Crippen molar-refractivity contribution >= 4 is 11.9 Å². The van der Waals surface area contributed by atoms with Crippen molar-refractivity contribution in [1.82, 2.24) is 0 Å². The maximum absolute atomic E-state index is 11.6. The Bertz CT molecular complexity index is 356. The first-order valence-corrected chi connectivity index (χ1v) is 7.72. The average Bonchev–Trinajstić information content (AvgIpc) is 2.82. The summed E-state index contributed by atoms with van der Waals surface area (Å²) in [6.45, 7) is 8.15. The monoisotopic (exact) mass is 300 g/mol. The molecule has 0 spiro atoms. The largest absolute Gasteiger partial charge is 0.457 e. The Balaban J connectivity index is 2.16. The fourth-order valence-electron chi connectivity index (χ4n) is 2.22. The molecule has 5 nitrogen and oxygen atoms in total. The van der Waals surface area contributed by atoms with Gasteiger partial charge in [-0.25, -0.2) is 9.59 Å². The van der Waals surface area contributed by atoms with Gasteiger partial charge in [-0.1, -0.05) is 20.8 Å². The van der Waals surface area contributed by atoms with E-state index in [4.69, 9.17) is 14.2 Å². The van der Waals surface area contributed by atoms with Gasteiger partial charge in [0.05, 0.1) is 6.61 Å². The summed E-state index contributed by atoms with van der Waals surface area (Å²) in [5.41, 5.74) is -0.346. The van der Waals surface area contributed by atoms with Gasteiger partial charge in [0.2, 0.25) is 0 Å². The molecule has 0 aliphatic heterocycles. The molecule has 0 aromatic heterocycles. The Morgan fingerprint density at radius 3 is 2.29 bits per heavy atom. The second kappa shape index (κ2) is 7.78. The first kappa shape index (κ1) is 18.0. The summed E-state index contributed by atoms with van der Waals surface area (Å²) in [7, 11) is 0. The Morgan fingerprint density at radius 1 is 1.10 bits per heavy atom. The molecule has 1 rings (SSSR count). The fourth-order valence-corrected chi connectivity index (χ4v) is 2.22. The summed E-state index contributed by atoms with van der Waals surface area (Å²) in [6, 6.07) is 0. The van der Waals surface area contributed by atoms with E-state index in [0.717, 1.165) is 32.1 Å². The highest BCUT2D eigenvalue weighted by Gasteiger charge is 2.32. The number of rotatable bonds is 8. The molecule has 0 atom stereocenters. The molecule has 0 saturated heterocycles. The molecule has 1 aliphatic rings. The van der Waals surface area contributed by atoms with Crippen molar-refractivity contribution in [3.63, 3.8) is 0 Å². The molecule has 0 N–H and O–H groups in total. The van der Waals surface area contributed by atoms with Crippen LogP contribution >= 0.6 is 0 Å². The highest BCUT2D eigenvalue weighted by Crippen LogP contribution is 2.32. The van der Waals surface area contributed by atoms with E-state index in [1.165, 1.54) is 0 Å². The molecule has 1 saturated carbocycles. The summed E-state index contributed by atoms with van der Waals surface area (Å²) in [6.07, 6.45) is 4.87. The minimum Gasteiger partial charge on any atom is -0.457 e. The number of ether oxygens (including phenoxy) is 3. The number of hydrogen-bond acceptors (Lipinski definition) is 5. The second-order valence-electron chi connectivity index (χ2n) is 6.80. The lowest BCUT2D eigenvalue weighted by Gasteiger charge is -2.24. The molecule has 0 amide bonds. The van der Waals surface area contributed by atoms with Crippen molar-refractivity contribution in [2.45, 2.75) is 65.4 Å². The van der Waals surface area contributed by atoms with Crippen LogP contribution in [0.15, 0.2) is 0 Å². The van der Waals surface area contributed by atoms with Gasteiger partial charge in [0.1, 0.15) is 12.2 Å². The van der Waals surface area contributed by atoms with Crippen LogP contribution in [-0.2, 0) is 23.8 Å². The second-order valence-corrected chi connectivity index (χ2v) is 6.80. The minimum atomic E-state index is -0.532. The Hall–Kier alpha value is -1.10. The molecular weight excluding hydrogens is 272 g/mol. The average molecular weight is 300 g/mol. The fraction of sp³-hybridized carbons (Fsp3) is 0.875. The molecule has 0 aromatic rings. The molecule has 0 heterocycles. The molecule has 0 radical (unpaired) electrons. The molecule has 5 heteroatoms. The van der Waals surface area contributed by atoms with E-state index >= 15 is 0 Å². The molecule has 0 unspecified atom stereocenters. The molecular formula is C16H28O5. The third kappa shape index (κ3) is 6.93. The highest BCUT2D eigenvalue weighted by molar-refractivity contribution is 5.77. The van der Waals surface area contributed by atoms with Gasteiger partial charge >= 0.3 is 11.9 Å². The SMILES string of the molecule is CCC(C)(C)COCC(=O)OCC(=O)OC1(C)CCCC1. The van der Waals surface area contributed by atoms with Crippen molar-refractivity contribution in [2.24, 2.45) is 5.41 Å². The summed E-state index contributed by atoms with van der Waals surface area (Å²) in [5, 5.41) is 0. The van der Waals surface area contributed by atoms with E-state index in [1.807, 2.05) is 6.92 Å². The smallest absolute Gasteiger partial charge is 0.344 e. The predicted molar refractivity (Wildman–Crippen MR) is 78.8 cm³/mol. The Kier molecular flexibility index (Phi) is 6.65. The van der Waals surface area contributed by atoms with Gasteiger partial charge in [-0.3, -0.25) is 0 Å². The Labute approximate surface area is 127 Å². The minimum absolute atomic E-state index is 0.0380. The number of hydrogen-bond donors (Lipinski definition) is 0. The van der Waals surface area contributed by atoms with E-state index in [0.29, 0.717) is 6.61 Å². The third-order valence-electron chi connectivity index (χ3n) is 4.04. The first-order chi connectivity index (χ1) is 9.76. The van der Waals surface area contributed by atoms with Gasteiger partial charge in [0, 0.05) is 0 Å². The van der Waals surface area contributed by atoms with E-state index in [1.54, 1.807) is 0 Å². The Morgan fingerprint density at radius 2 is 1.71 bits per heavy atom. The first-order valence-electron chi connectivity index (χ1n) is 7.72. The van der Waals surface area contributed by atoms with Crippen LogP contribution < -0.4 is 0 Å². The maximum atomic E-state index is 11.6. The molecule has 0 aromatic carbocycles. The van der Waals surface area contributed by atoms with Crippen LogP contribution in [0.4, 0.5) is 0 Å². The maximum Gasteiger partial charge on any atom is 0.344 e. The highest BCUT2D eigenvalue weighted by atomic mass is 16.6. The van der Waals surface area contributed by atoms with Crippen LogP contribution in [0.5, 0.6) is 0 Å². The lowest BCUT2D eigenvalue weighted by molar-refractivity contribution is -0.170. The molecule has 122 valence electrons. The van der Waals surface area contributed by atoms with Crippen LogP contribution in [-0.4, -0.2) is 37.4 Å². The summed E-state index contributed by atoms with van der Waals surface area (Å²) >= 11 is 0. The molecule has 1 aliphatic carbocycles. The molecule has 21 heavy (non-hydrogen) atoms. The summed E-state index contributed by atoms with van der Waals surface area (Å²) in [4.78, 5) is 23.1. The van der Waals surface area contributed by atoms with E-state index in [2.05, 4.69) is 20.8 Å². The van der Waals surface area contributed by atoms with Crippen molar-refractivity contribution in [3.05, 3.63) is 0 Å². The van der Waals surface area contributed by atoms with E-state index in [-0.39, 0.29) is 24.2 Å². The number of carbonyl (C=O) groups excluding carboxylic acids is 2. The number of carbonyl (C=O) groups is 2. The zero-order chi connectivity index (χ0) is 15.9. The van der Waals surface area contributed by atoms with Crippen molar-refractivity contribution < 1.29 is 23.8 Å². The van der Waals surface area contributed by atoms with Crippen LogP contribution in [0.3, 0.4) is 0 Å². The zero-order valence-corrected chi connectivity index (χ0v) is 13.7. The third-order valence-corrected chi connectivity index (χ3v) is 4.04. The lowest BCUT2D eigenvalue weighted by atomic mass is 9.92. The van der Waals surface area contributed by atoms with Crippen LogP contribution in [0.2, 0.25) is 0 Å². The molecule has 1 fully saturated rings. The van der Waals surface area contributed by atoms with Crippen molar-refractivity contribution in [3.8, 4) is 0 Å². The van der Waals surface area contributed by atoms with E-state index < -0.39 is 11.9 Å². The zero-order valence-electron chi connectivity index (χ0n) is 13.7. The van der Waals surface area contributed by atoms with Gasteiger partial charge in [-0.05, 0) is 44.4 Å². The number of esters is 2. The topological polar surface area (TPSA) is 61.8 Å². The molecule has 0 bridgehead atoms. The summed E-state index contributed by atoms with van der Waals surface area (Å²) < 4.78 is 15.5. The van der Waals surface area contributed by atoms with Crippen LogP contribution in [0.25, 0.3) is 0 Å². The van der Waals surface area contributed by atoms with Gasteiger partial charge in [-0.15, -0.1) is 0 Å². The van der Waals surface area contributed by atoms with Crippen molar-refractivity contribution in [2.75, 3.05) is 19.8 Å². The standard InChI is InChI=1S/C16H28O5/c1-5-15(2,3)12-19-10-13(17)20-11-14(18)21-16(4)8-6-7-9-16/h5-12H2,1-4H3. The summed E-state index contributed by atoms with van der Waals surface area (Å²) in [5.74, 6) is -1.02.